The Kier molecular flexibility index (Phi) is 5.59. The number of hydrogen-bond donors (Lipinski definition) is 1. The molecule has 0 atom stereocenters. The van der Waals surface area contributed by atoms with Crippen LogP contribution in [0.3, 0.4) is 0 Å². The second-order valence-electron chi connectivity index (χ2n) is 4.71. The van der Waals surface area contributed by atoms with E-state index in [9.17, 15) is 4.79 Å². The number of rotatable bonds is 6. The van der Waals surface area contributed by atoms with Crippen LogP contribution in [0.2, 0.25) is 0 Å². The molecule has 18 heavy (non-hydrogen) atoms. The van der Waals surface area contributed by atoms with Gasteiger partial charge in [-0.2, -0.15) is 0 Å². The highest BCUT2D eigenvalue weighted by molar-refractivity contribution is 6.19. The topological polar surface area (TPSA) is 32.3 Å². The summed E-state index contributed by atoms with van der Waals surface area (Å²) in [5.74, 6) is -0.0805. The van der Waals surface area contributed by atoms with E-state index in [1.807, 2.05) is 45.3 Å². The van der Waals surface area contributed by atoms with Crippen molar-refractivity contribution < 1.29 is 4.79 Å². The van der Waals surface area contributed by atoms with Crippen LogP contribution in [0, 0.1) is 6.92 Å². The highest BCUT2D eigenvalue weighted by atomic mass is 16.1. The molecule has 0 saturated heterocycles. The lowest BCUT2D eigenvalue weighted by Gasteiger charge is -2.12. The average Bonchev–Trinajstić information content (AvgIpc) is 2.34. The Morgan fingerprint density at radius 2 is 2.00 bits per heavy atom. The van der Waals surface area contributed by atoms with Crippen LogP contribution < -0.4 is 5.32 Å². The van der Waals surface area contributed by atoms with Crippen LogP contribution in [0.25, 0.3) is 5.57 Å². The highest BCUT2D eigenvalue weighted by Gasteiger charge is 2.10. The van der Waals surface area contributed by atoms with Crippen LogP contribution >= 0.6 is 0 Å². The SMILES string of the molecule is C=C(C(=O)NCCCN(C)C)c1ccccc1C. The summed E-state index contributed by atoms with van der Waals surface area (Å²) in [6, 6.07) is 7.80. The van der Waals surface area contributed by atoms with Crippen molar-refractivity contribution in [3.05, 3.63) is 42.0 Å². The lowest BCUT2D eigenvalue weighted by atomic mass is 10.0. The largest absolute Gasteiger partial charge is 0.352 e. The number of nitrogens with one attached hydrogen (secondary N) is 1. The van der Waals surface area contributed by atoms with Gasteiger partial charge in [0, 0.05) is 12.1 Å². The van der Waals surface area contributed by atoms with E-state index in [0.717, 1.165) is 24.1 Å². The third-order valence-corrected chi connectivity index (χ3v) is 2.81. The van der Waals surface area contributed by atoms with Gasteiger partial charge in [-0.15, -0.1) is 0 Å². The van der Waals surface area contributed by atoms with E-state index in [2.05, 4.69) is 16.8 Å². The molecule has 0 heterocycles. The number of carbonyl (C=O) groups excluding carboxylic acids is 1. The predicted molar refractivity (Wildman–Crippen MR) is 76.4 cm³/mol. The zero-order chi connectivity index (χ0) is 13.5. The normalized spacial score (nSPS) is 10.4. The van der Waals surface area contributed by atoms with E-state index in [-0.39, 0.29) is 5.91 Å². The van der Waals surface area contributed by atoms with Gasteiger partial charge in [-0.1, -0.05) is 30.8 Å². The first-order chi connectivity index (χ1) is 8.52. The molecule has 1 N–H and O–H groups in total. The Labute approximate surface area is 109 Å². The lowest BCUT2D eigenvalue weighted by molar-refractivity contribution is -0.115. The molecule has 0 saturated carbocycles. The average molecular weight is 246 g/mol. The molecule has 0 bridgehead atoms. The minimum absolute atomic E-state index is 0.0805. The molecular weight excluding hydrogens is 224 g/mol. The lowest BCUT2D eigenvalue weighted by Crippen LogP contribution is -2.27. The van der Waals surface area contributed by atoms with E-state index >= 15 is 0 Å². The molecule has 98 valence electrons. The van der Waals surface area contributed by atoms with Gasteiger partial charge in [0.2, 0.25) is 0 Å². The van der Waals surface area contributed by atoms with Gasteiger partial charge in [0.25, 0.3) is 5.91 Å². The van der Waals surface area contributed by atoms with Gasteiger partial charge in [-0.25, -0.2) is 0 Å². The quantitative estimate of drug-likeness (QED) is 0.615. The molecule has 1 aromatic carbocycles. The summed E-state index contributed by atoms with van der Waals surface area (Å²) in [5, 5.41) is 2.90. The summed E-state index contributed by atoms with van der Waals surface area (Å²) in [6.45, 7) is 7.51. The van der Waals surface area contributed by atoms with Gasteiger partial charge < -0.3 is 10.2 Å². The minimum Gasteiger partial charge on any atom is -0.352 e. The van der Waals surface area contributed by atoms with E-state index in [1.165, 1.54) is 0 Å². The number of hydrogen-bond acceptors (Lipinski definition) is 2. The molecule has 3 heteroatoms. The molecule has 0 aliphatic heterocycles. The number of aryl methyl sites for hydroxylation is 1. The first-order valence-electron chi connectivity index (χ1n) is 6.20. The molecular formula is C15H22N2O. The van der Waals surface area contributed by atoms with Crippen LogP contribution in [0.4, 0.5) is 0 Å². The van der Waals surface area contributed by atoms with E-state index in [0.29, 0.717) is 12.1 Å². The Hall–Kier alpha value is -1.61. The summed E-state index contributed by atoms with van der Waals surface area (Å²) in [7, 11) is 4.04. The third kappa shape index (κ3) is 4.34. The Morgan fingerprint density at radius 1 is 1.33 bits per heavy atom. The number of nitrogens with zero attached hydrogens (tertiary/aromatic N) is 1. The fourth-order valence-corrected chi connectivity index (χ4v) is 1.74. The zero-order valence-electron chi connectivity index (χ0n) is 11.5. The Morgan fingerprint density at radius 3 is 2.61 bits per heavy atom. The van der Waals surface area contributed by atoms with Crippen LogP contribution in [-0.2, 0) is 4.79 Å². The highest BCUT2D eigenvalue weighted by Crippen LogP contribution is 2.16. The third-order valence-electron chi connectivity index (χ3n) is 2.81. The molecule has 0 fully saturated rings. The van der Waals surface area contributed by atoms with Crippen LogP contribution in [0.5, 0.6) is 0 Å². The van der Waals surface area contributed by atoms with Gasteiger partial charge in [0.15, 0.2) is 0 Å². The molecule has 0 unspecified atom stereocenters. The van der Waals surface area contributed by atoms with Crippen molar-refractivity contribution in [2.75, 3.05) is 27.2 Å². The Bertz CT molecular complexity index is 424. The van der Waals surface area contributed by atoms with E-state index in [1.54, 1.807) is 0 Å². The summed E-state index contributed by atoms with van der Waals surface area (Å²) < 4.78 is 0. The van der Waals surface area contributed by atoms with Crippen LogP contribution in [0.15, 0.2) is 30.8 Å². The van der Waals surface area contributed by atoms with Crippen molar-refractivity contribution >= 4 is 11.5 Å². The molecule has 1 aromatic rings. The molecule has 0 aliphatic carbocycles. The molecule has 1 amide bonds. The van der Waals surface area contributed by atoms with Crippen molar-refractivity contribution in [2.45, 2.75) is 13.3 Å². The fourth-order valence-electron chi connectivity index (χ4n) is 1.74. The molecule has 3 nitrogen and oxygen atoms in total. The van der Waals surface area contributed by atoms with Crippen molar-refractivity contribution in [3.63, 3.8) is 0 Å². The van der Waals surface area contributed by atoms with Crippen molar-refractivity contribution in [1.82, 2.24) is 10.2 Å². The molecule has 0 radical (unpaired) electrons. The second-order valence-corrected chi connectivity index (χ2v) is 4.71. The minimum atomic E-state index is -0.0805. The molecule has 1 rings (SSSR count). The first-order valence-corrected chi connectivity index (χ1v) is 6.20. The van der Waals surface area contributed by atoms with E-state index in [4.69, 9.17) is 0 Å². The summed E-state index contributed by atoms with van der Waals surface area (Å²) in [5.41, 5.74) is 2.53. The van der Waals surface area contributed by atoms with Gasteiger partial charge in [0.05, 0.1) is 0 Å². The van der Waals surface area contributed by atoms with Gasteiger partial charge in [0.1, 0.15) is 0 Å². The van der Waals surface area contributed by atoms with Crippen molar-refractivity contribution in [3.8, 4) is 0 Å². The summed E-state index contributed by atoms with van der Waals surface area (Å²) in [4.78, 5) is 14.0. The van der Waals surface area contributed by atoms with Gasteiger partial charge in [-0.3, -0.25) is 4.79 Å². The van der Waals surface area contributed by atoms with Crippen molar-refractivity contribution in [1.29, 1.82) is 0 Å². The first kappa shape index (κ1) is 14.5. The van der Waals surface area contributed by atoms with E-state index < -0.39 is 0 Å². The maximum absolute atomic E-state index is 11.9. The van der Waals surface area contributed by atoms with Crippen molar-refractivity contribution in [2.24, 2.45) is 0 Å². The maximum atomic E-state index is 11.9. The fraction of sp³-hybridized carbons (Fsp3) is 0.400. The standard InChI is InChI=1S/C15H22N2O/c1-12-8-5-6-9-14(12)13(2)15(18)16-10-7-11-17(3)4/h5-6,8-9H,2,7,10-11H2,1,3-4H3,(H,16,18). The van der Waals surface area contributed by atoms with Crippen LogP contribution in [0.1, 0.15) is 17.5 Å². The van der Waals surface area contributed by atoms with Gasteiger partial charge in [-0.05, 0) is 45.1 Å². The molecule has 0 spiro atoms. The predicted octanol–water partition coefficient (Wildman–Crippen LogP) is 2.08. The molecule has 0 aromatic heterocycles. The zero-order valence-corrected chi connectivity index (χ0v) is 11.5. The Balaban J connectivity index is 2.48. The summed E-state index contributed by atoms with van der Waals surface area (Å²) >= 11 is 0. The summed E-state index contributed by atoms with van der Waals surface area (Å²) in [6.07, 6.45) is 0.944. The second kappa shape index (κ2) is 6.97. The van der Waals surface area contributed by atoms with Gasteiger partial charge >= 0.3 is 0 Å². The van der Waals surface area contributed by atoms with Crippen LogP contribution in [-0.4, -0.2) is 38.0 Å². The molecule has 0 aliphatic rings. The number of carbonyl (C=O) groups is 1. The monoisotopic (exact) mass is 246 g/mol. The maximum Gasteiger partial charge on any atom is 0.251 e. The number of benzene rings is 1. The number of amides is 1. The smallest absolute Gasteiger partial charge is 0.251 e.